The third kappa shape index (κ3) is 3.24. The van der Waals surface area contributed by atoms with E-state index in [-0.39, 0.29) is 18.5 Å². The van der Waals surface area contributed by atoms with Gasteiger partial charge in [0.05, 0.1) is 6.54 Å². The summed E-state index contributed by atoms with van der Waals surface area (Å²) in [4.78, 5) is 52.0. The van der Waals surface area contributed by atoms with E-state index in [2.05, 4.69) is 13.8 Å². The second kappa shape index (κ2) is 7.13. The van der Waals surface area contributed by atoms with E-state index in [1.165, 1.54) is 6.07 Å². The molecule has 7 nitrogen and oxygen atoms in total. The van der Waals surface area contributed by atoms with E-state index in [1.54, 1.807) is 6.07 Å². The molecule has 4 amide bonds. The van der Waals surface area contributed by atoms with Crippen LogP contribution in [0.25, 0.3) is 11.0 Å². The van der Waals surface area contributed by atoms with Crippen LogP contribution in [0.2, 0.25) is 0 Å². The molecule has 2 fully saturated rings. The highest BCUT2D eigenvalue weighted by Gasteiger charge is 2.48. The fourth-order valence-electron chi connectivity index (χ4n) is 4.46. The molecule has 0 atom stereocenters. The highest BCUT2D eigenvalue weighted by Crippen LogP contribution is 2.31. The number of benzene rings is 1. The molecule has 2 heterocycles. The molecule has 1 saturated carbocycles. The van der Waals surface area contributed by atoms with Crippen LogP contribution in [0.1, 0.15) is 62.1 Å². The number of imide groups is 2. The summed E-state index contributed by atoms with van der Waals surface area (Å²) in [6.07, 6.45) is 3.34. The summed E-state index contributed by atoms with van der Waals surface area (Å²) in [7, 11) is 0. The van der Waals surface area contributed by atoms with Crippen LogP contribution in [0.15, 0.2) is 27.4 Å². The van der Waals surface area contributed by atoms with Gasteiger partial charge >= 0.3 is 23.5 Å². The van der Waals surface area contributed by atoms with E-state index >= 15 is 0 Å². The number of carbonyl (C=O) groups is 3. The molecule has 29 heavy (non-hydrogen) atoms. The van der Waals surface area contributed by atoms with Crippen molar-refractivity contribution in [3.05, 3.63) is 45.3 Å². The SMILES string of the molecule is Cc1cc2oc(=O)cc(CN3C(=O)C(=O)N(C4CCCC4)C3=O)c2cc1C(C)C. The molecule has 1 aliphatic heterocycles. The third-order valence-corrected chi connectivity index (χ3v) is 5.94. The van der Waals surface area contributed by atoms with E-state index in [9.17, 15) is 19.2 Å². The molecule has 0 N–H and O–H groups in total. The zero-order chi connectivity index (χ0) is 20.9. The Hall–Kier alpha value is -2.96. The molecule has 0 unspecified atom stereocenters. The number of aryl methyl sites for hydroxylation is 1. The van der Waals surface area contributed by atoms with Crippen LogP contribution in [-0.4, -0.2) is 33.7 Å². The van der Waals surface area contributed by atoms with E-state index < -0.39 is 23.5 Å². The fraction of sp³-hybridized carbons (Fsp3) is 0.455. The maximum absolute atomic E-state index is 12.9. The second-order valence-corrected chi connectivity index (χ2v) is 8.24. The van der Waals surface area contributed by atoms with Crippen molar-refractivity contribution in [3.63, 3.8) is 0 Å². The molecule has 1 aliphatic carbocycles. The first kappa shape index (κ1) is 19.4. The van der Waals surface area contributed by atoms with Crippen LogP contribution in [0.4, 0.5) is 4.79 Å². The molecule has 152 valence electrons. The zero-order valence-corrected chi connectivity index (χ0v) is 16.9. The minimum Gasteiger partial charge on any atom is -0.423 e. The Balaban J connectivity index is 1.74. The predicted octanol–water partition coefficient (Wildman–Crippen LogP) is 3.46. The average Bonchev–Trinajstić information content (AvgIpc) is 3.24. The van der Waals surface area contributed by atoms with E-state index in [0.29, 0.717) is 16.5 Å². The molecule has 1 saturated heterocycles. The second-order valence-electron chi connectivity index (χ2n) is 8.24. The monoisotopic (exact) mass is 396 g/mol. The Morgan fingerprint density at radius 3 is 2.38 bits per heavy atom. The molecular formula is C22H24N2O5. The quantitative estimate of drug-likeness (QED) is 0.449. The Labute approximate surface area is 168 Å². The molecule has 0 spiro atoms. The van der Waals surface area contributed by atoms with E-state index in [1.807, 2.05) is 13.0 Å². The van der Waals surface area contributed by atoms with Crippen LogP contribution in [0.3, 0.4) is 0 Å². The summed E-state index contributed by atoms with van der Waals surface area (Å²) in [6.45, 7) is 5.96. The van der Waals surface area contributed by atoms with Gasteiger partial charge in [0.1, 0.15) is 5.58 Å². The van der Waals surface area contributed by atoms with E-state index in [0.717, 1.165) is 46.6 Å². The number of urea groups is 1. The van der Waals surface area contributed by atoms with Gasteiger partial charge in [0.25, 0.3) is 0 Å². The summed E-state index contributed by atoms with van der Waals surface area (Å²) < 4.78 is 5.34. The highest BCUT2D eigenvalue weighted by atomic mass is 16.4. The van der Waals surface area contributed by atoms with Crippen molar-refractivity contribution in [2.45, 2.75) is 65.0 Å². The molecule has 4 rings (SSSR count). The maximum atomic E-state index is 12.9. The van der Waals surface area contributed by atoms with Crippen LogP contribution >= 0.6 is 0 Å². The molecule has 1 aromatic heterocycles. The number of carbonyl (C=O) groups excluding carboxylic acids is 3. The van der Waals surface area contributed by atoms with Crippen molar-refractivity contribution in [2.24, 2.45) is 0 Å². The zero-order valence-electron chi connectivity index (χ0n) is 16.9. The fourth-order valence-corrected chi connectivity index (χ4v) is 4.46. The van der Waals surface area contributed by atoms with Crippen molar-refractivity contribution in [3.8, 4) is 0 Å². The highest BCUT2D eigenvalue weighted by molar-refractivity contribution is 6.44. The van der Waals surface area contributed by atoms with Gasteiger partial charge in [0.2, 0.25) is 0 Å². The van der Waals surface area contributed by atoms with Crippen molar-refractivity contribution in [2.75, 3.05) is 0 Å². The van der Waals surface area contributed by atoms with Crippen molar-refractivity contribution < 1.29 is 18.8 Å². The molecular weight excluding hydrogens is 372 g/mol. The number of hydrogen-bond acceptors (Lipinski definition) is 5. The number of fused-ring (bicyclic) bond motifs is 1. The first-order chi connectivity index (χ1) is 13.8. The van der Waals surface area contributed by atoms with Crippen molar-refractivity contribution in [1.29, 1.82) is 0 Å². The van der Waals surface area contributed by atoms with Gasteiger partial charge in [0.15, 0.2) is 0 Å². The lowest BCUT2D eigenvalue weighted by Crippen LogP contribution is -2.39. The molecule has 1 aromatic carbocycles. The van der Waals surface area contributed by atoms with Gasteiger partial charge in [-0.3, -0.25) is 19.4 Å². The average molecular weight is 396 g/mol. The lowest BCUT2D eigenvalue weighted by atomic mass is 9.95. The van der Waals surface area contributed by atoms with Gasteiger partial charge in [-0.05, 0) is 54.5 Å². The lowest BCUT2D eigenvalue weighted by molar-refractivity contribution is -0.144. The van der Waals surface area contributed by atoms with Gasteiger partial charge in [-0.25, -0.2) is 9.59 Å². The minimum atomic E-state index is -0.834. The maximum Gasteiger partial charge on any atom is 0.336 e. The number of amides is 4. The van der Waals surface area contributed by atoms with Gasteiger partial charge in [-0.1, -0.05) is 26.7 Å². The summed E-state index contributed by atoms with van der Waals surface area (Å²) in [6, 6.07) is 4.24. The summed E-state index contributed by atoms with van der Waals surface area (Å²) >= 11 is 0. The van der Waals surface area contributed by atoms with Gasteiger partial charge in [0, 0.05) is 17.5 Å². The van der Waals surface area contributed by atoms with Crippen molar-refractivity contribution >= 4 is 28.8 Å². The van der Waals surface area contributed by atoms with Crippen molar-refractivity contribution in [1.82, 2.24) is 9.80 Å². The largest absolute Gasteiger partial charge is 0.423 e. The van der Waals surface area contributed by atoms with Gasteiger partial charge < -0.3 is 4.42 Å². The molecule has 0 bridgehead atoms. The smallest absolute Gasteiger partial charge is 0.336 e. The number of hydrogen-bond donors (Lipinski definition) is 0. The minimum absolute atomic E-state index is 0.130. The predicted molar refractivity (Wildman–Crippen MR) is 106 cm³/mol. The Kier molecular flexibility index (Phi) is 4.76. The van der Waals surface area contributed by atoms with Gasteiger partial charge in [-0.2, -0.15) is 0 Å². The van der Waals surface area contributed by atoms with Gasteiger partial charge in [-0.15, -0.1) is 0 Å². The number of nitrogens with zero attached hydrogens (tertiary/aromatic N) is 2. The Bertz CT molecular complexity index is 1080. The van der Waals surface area contributed by atoms with Crippen LogP contribution in [-0.2, 0) is 16.1 Å². The molecule has 7 heteroatoms. The standard InChI is InChI=1S/C22H24N2O5/c1-12(2)16-10-17-14(9-19(25)29-18(17)8-13(16)3)11-23-20(26)21(27)24(22(23)28)15-6-4-5-7-15/h8-10,12,15H,4-7,11H2,1-3H3. The van der Waals surface area contributed by atoms with Crippen LogP contribution in [0.5, 0.6) is 0 Å². The first-order valence-electron chi connectivity index (χ1n) is 10.0. The van der Waals surface area contributed by atoms with Crippen LogP contribution < -0.4 is 5.63 Å². The summed E-state index contributed by atoms with van der Waals surface area (Å²) in [5.74, 6) is -1.35. The third-order valence-electron chi connectivity index (χ3n) is 5.94. The Morgan fingerprint density at radius 1 is 1.03 bits per heavy atom. The summed E-state index contributed by atoms with van der Waals surface area (Å²) in [5.41, 5.74) is 2.45. The molecule has 2 aromatic rings. The Morgan fingerprint density at radius 2 is 1.72 bits per heavy atom. The number of rotatable bonds is 4. The molecule has 0 radical (unpaired) electrons. The van der Waals surface area contributed by atoms with E-state index in [4.69, 9.17) is 4.42 Å². The van der Waals surface area contributed by atoms with Crippen LogP contribution in [0, 0.1) is 6.92 Å². The lowest BCUT2D eigenvalue weighted by Gasteiger charge is -2.21. The summed E-state index contributed by atoms with van der Waals surface area (Å²) in [5, 5.41) is 0.672. The normalized spacial score (nSPS) is 18.1. The molecule has 2 aliphatic rings. The topological polar surface area (TPSA) is 87.9 Å². The first-order valence-corrected chi connectivity index (χ1v) is 10.0.